The summed E-state index contributed by atoms with van der Waals surface area (Å²) in [6, 6.07) is 4.10. The van der Waals surface area contributed by atoms with Crippen molar-refractivity contribution in [1.29, 1.82) is 0 Å². The van der Waals surface area contributed by atoms with Crippen LogP contribution in [0.25, 0.3) is 0 Å². The van der Waals surface area contributed by atoms with Crippen molar-refractivity contribution < 1.29 is 27.6 Å². The SMILES string of the molecule is CCOc1ccc(F)c(F)c1CN(C)c1cc([N+](=O)[O-])c(F)cc1OC. The van der Waals surface area contributed by atoms with E-state index in [0.717, 1.165) is 18.2 Å². The standard InChI is InChI=1S/C17H17F3N2O4/c1-4-26-15-6-5-11(18)17(20)10(15)9-21(2)14-8-13(22(23)24)12(19)7-16(14)25-3/h5-8H,4,9H2,1-3H3. The third kappa shape index (κ3) is 3.81. The molecule has 0 unspecified atom stereocenters. The molecule has 0 atom stereocenters. The molecule has 0 amide bonds. The minimum atomic E-state index is -1.08. The number of anilines is 1. The highest BCUT2D eigenvalue weighted by Gasteiger charge is 2.23. The molecule has 0 saturated carbocycles. The molecule has 140 valence electrons. The number of nitrogens with zero attached hydrogens (tertiary/aromatic N) is 2. The average molecular weight is 370 g/mol. The number of hydrogen-bond acceptors (Lipinski definition) is 5. The van der Waals surface area contributed by atoms with Crippen LogP contribution in [-0.4, -0.2) is 25.7 Å². The Morgan fingerprint density at radius 1 is 1.15 bits per heavy atom. The smallest absolute Gasteiger partial charge is 0.307 e. The molecule has 0 heterocycles. The summed E-state index contributed by atoms with van der Waals surface area (Å²) in [4.78, 5) is 11.5. The van der Waals surface area contributed by atoms with Gasteiger partial charge in [0.15, 0.2) is 11.6 Å². The monoisotopic (exact) mass is 370 g/mol. The first-order chi connectivity index (χ1) is 12.3. The Hall–Kier alpha value is -2.97. The van der Waals surface area contributed by atoms with E-state index in [1.807, 2.05) is 0 Å². The van der Waals surface area contributed by atoms with Crippen molar-refractivity contribution in [2.24, 2.45) is 0 Å². The number of methoxy groups -OCH3 is 1. The summed E-state index contributed by atoms with van der Waals surface area (Å²) < 4.78 is 52.0. The first-order valence-corrected chi connectivity index (χ1v) is 7.62. The topological polar surface area (TPSA) is 64.8 Å². The molecule has 0 radical (unpaired) electrons. The second kappa shape index (κ2) is 7.94. The van der Waals surface area contributed by atoms with Gasteiger partial charge in [0, 0.05) is 25.7 Å². The van der Waals surface area contributed by atoms with E-state index in [1.54, 1.807) is 6.92 Å². The quantitative estimate of drug-likeness (QED) is 0.543. The molecule has 2 aromatic carbocycles. The zero-order valence-corrected chi connectivity index (χ0v) is 14.4. The summed E-state index contributed by atoms with van der Waals surface area (Å²) in [6.45, 7) is 1.76. The van der Waals surface area contributed by atoms with Crippen LogP contribution in [0.2, 0.25) is 0 Å². The van der Waals surface area contributed by atoms with Crippen LogP contribution in [0.5, 0.6) is 11.5 Å². The van der Waals surface area contributed by atoms with Crippen LogP contribution >= 0.6 is 0 Å². The van der Waals surface area contributed by atoms with Crippen LogP contribution in [0.3, 0.4) is 0 Å². The van der Waals surface area contributed by atoms with Crippen LogP contribution in [0.4, 0.5) is 24.5 Å². The fourth-order valence-electron chi connectivity index (χ4n) is 2.47. The van der Waals surface area contributed by atoms with Gasteiger partial charge >= 0.3 is 5.69 Å². The number of rotatable bonds is 7. The first kappa shape index (κ1) is 19.4. The molecule has 0 bridgehead atoms. The Morgan fingerprint density at radius 2 is 1.85 bits per heavy atom. The number of ether oxygens (including phenoxy) is 2. The highest BCUT2D eigenvalue weighted by Crippen LogP contribution is 2.36. The summed E-state index contributed by atoms with van der Waals surface area (Å²) in [7, 11) is 2.76. The molecule has 0 saturated heterocycles. The minimum Gasteiger partial charge on any atom is -0.494 e. The van der Waals surface area contributed by atoms with Crippen molar-refractivity contribution in [1.82, 2.24) is 0 Å². The number of nitro groups is 1. The van der Waals surface area contributed by atoms with Crippen LogP contribution < -0.4 is 14.4 Å². The van der Waals surface area contributed by atoms with E-state index < -0.39 is 28.1 Å². The maximum atomic E-state index is 14.2. The summed E-state index contributed by atoms with van der Waals surface area (Å²) in [6.07, 6.45) is 0. The van der Waals surface area contributed by atoms with Gasteiger partial charge in [-0.2, -0.15) is 4.39 Å². The molecule has 0 aliphatic carbocycles. The maximum absolute atomic E-state index is 14.2. The van der Waals surface area contributed by atoms with Gasteiger partial charge in [0.25, 0.3) is 0 Å². The summed E-state index contributed by atoms with van der Waals surface area (Å²) >= 11 is 0. The third-order valence-electron chi connectivity index (χ3n) is 3.70. The van der Waals surface area contributed by atoms with E-state index >= 15 is 0 Å². The molecular weight excluding hydrogens is 353 g/mol. The van der Waals surface area contributed by atoms with Crippen molar-refractivity contribution in [3.8, 4) is 11.5 Å². The van der Waals surface area contributed by atoms with E-state index in [9.17, 15) is 23.3 Å². The lowest BCUT2D eigenvalue weighted by molar-refractivity contribution is -0.387. The summed E-state index contributed by atoms with van der Waals surface area (Å²) in [5.74, 6) is -3.03. The van der Waals surface area contributed by atoms with Crippen LogP contribution in [-0.2, 0) is 6.54 Å². The zero-order valence-electron chi connectivity index (χ0n) is 14.4. The van der Waals surface area contributed by atoms with Gasteiger partial charge in [0.2, 0.25) is 5.82 Å². The lowest BCUT2D eigenvalue weighted by Crippen LogP contribution is -2.20. The Bertz CT molecular complexity index is 830. The fraction of sp³-hybridized carbons (Fsp3) is 0.294. The lowest BCUT2D eigenvalue weighted by Gasteiger charge is -2.23. The molecule has 0 aliphatic rings. The molecular formula is C17H17F3N2O4. The molecule has 2 rings (SSSR count). The average Bonchev–Trinajstić information content (AvgIpc) is 2.60. The van der Waals surface area contributed by atoms with Gasteiger partial charge in [-0.3, -0.25) is 10.1 Å². The molecule has 0 fully saturated rings. The Kier molecular flexibility index (Phi) is 5.91. The van der Waals surface area contributed by atoms with Gasteiger partial charge in [0.1, 0.15) is 11.5 Å². The highest BCUT2D eigenvalue weighted by molar-refractivity contribution is 5.64. The molecule has 26 heavy (non-hydrogen) atoms. The number of hydrogen-bond donors (Lipinski definition) is 0. The van der Waals surface area contributed by atoms with Crippen molar-refractivity contribution in [3.05, 3.63) is 57.4 Å². The fourth-order valence-corrected chi connectivity index (χ4v) is 2.47. The predicted molar refractivity (Wildman–Crippen MR) is 89.2 cm³/mol. The van der Waals surface area contributed by atoms with E-state index in [1.165, 1.54) is 25.1 Å². The zero-order chi connectivity index (χ0) is 19.4. The highest BCUT2D eigenvalue weighted by atomic mass is 19.2. The van der Waals surface area contributed by atoms with Crippen molar-refractivity contribution in [2.45, 2.75) is 13.5 Å². The van der Waals surface area contributed by atoms with Gasteiger partial charge in [0.05, 0.1) is 29.9 Å². The second-order valence-corrected chi connectivity index (χ2v) is 5.36. The number of benzene rings is 2. The van der Waals surface area contributed by atoms with E-state index in [4.69, 9.17) is 9.47 Å². The van der Waals surface area contributed by atoms with Crippen LogP contribution in [0.15, 0.2) is 24.3 Å². The lowest BCUT2D eigenvalue weighted by atomic mass is 10.1. The molecule has 9 heteroatoms. The minimum absolute atomic E-state index is 0.0189. The largest absolute Gasteiger partial charge is 0.494 e. The third-order valence-corrected chi connectivity index (χ3v) is 3.70. The van der Waals surface area contributed by atoms with Crippen LogP contribution in [0, 0.1) is 27.6 Å². The molecule has 0 aromatic heterocycles. The Morgan fingerprint density at radius 3 is 2.42 bits per heavy atom. The summed E-state index contributed by atoms with van der Waals surface area (Å²) in [5, 5.41) is 11.0. The number of halogens is 3. The molecule has 2 aromatic rings. The van der Waals surface area contributed by atoms with E-state index in [0.29, 0.717) is 0 Å². The normalized spacial score (nSPS) is 10.5. The Labute approximate surface area is 147 Å². The molecule has 0 spiro atoms. The van der Waals surface area contributed by atoms with Gasteiger partial charge in [-0.15, -0.1) is 0 Å². The van der Waals surface area contributed by atoms with Crippen molar-refractivity contribution >= 4 is 11.4 Å². The van der Waals surface area contributed by atoms with Gasteiger partial charge in [-0.25, -0.2) is 8.78 Å². The molecule has 6 nitrogen and oxygen atoms in total. The maximum Gasteiger partial charge on any atom is 0.307 e. The van der Waals surface area contributed by atoms with E-state index in [-0.39, 0.29) is 35.9 Å². The summed E-state index contributed by atoms with van der Waals surface area (Å²) in [5.41, 5.74) is -0.674. The van der Waals surface area contributed by atoms with Crippen molar-refractivity contribution in [3.63, 3.8) is 0 Å². The first-order valence-electron chi connectivity index (χ1n) is 7.62. The second-order valence-electron chi connectivity index (χ2n) is 5.36. The van der Waals surface area contributed by atoms with E-state index in [2.05, 4.69) is 0 Å². The van der Waals surface area contributed by atoms with Crippen LogP contribution in [0.1, 0.15) is 12.5 Å². The Balaban J connectivity index is 2.48. The molecule has 0 aliphatic heterocycles. The van der Waals surface area contributed by atoms with Gasteiger partial charge < -0.3 is 14.4 Å². The van der Waals surface area contributed by atoms with Gasteiger partial charge in [-0.1, -0.05) is 0 Å². The van der Waals surface area contributed by atoms with Gasteiger partial charge in [-0.05, 0) is 19.1 Å². The number of nitro benzene ring substituents is 1. The van der Waals surface area contributed by atoms with Crippen molar-refractivity contribution in [2.75, 3.05) is 25.7 Å². The predicted octanol–water partition coefficient (Wildman–Crippen LogP) is 4.06. The molecule has 0 N–H and O–H groups in total.